The molecular formula is C17H14N2O7. The maximum atomic E-state index is 12.1. The highest BCUT2D eigenvalue weighted by Gasteiger charge is 2.18. The number of nitrogens with zero attached hydrogens (tertiary/aromatic N) is 1. The lowest BCUT2D eigenvalue weighted by atomic mass is 10.2. The SMILES string of the molecule is O=C(COC(=O)c1ccc2c(c1)OCCO2)Nc1ccccc1[N+](=O)[O-]. The second-order valence-electron chi connectivity index (χ2n) is 5.26. The molecule has 0 aliphatic carbocycles. The van der Waals surface area contributed by atoms with E-state index in [1.807, 2.05) is 0 Å². The van der Waals surface area contributed by atoms with Gasteiger partial charge in [-0.25, -0.2) is 4.79 Å². The Kier molecular flexibility index (Phi) is 4.97. The fraction of sp³-hybridized carbons (Fsp3) is 0.176. The molecule has 3 rings (SSSR count). The number of hydrogen-bond acceptors (Lipinski definition) is 7. The maximum Gasteiger partial charge on any atom is 0.338 e. The number of nitro groups is 1. The van der Waals surface area contributed by atoms with Crippen molar-refractivity contribution >= 4 is 23.3 Å². The van der Waals surface area contributed by atoms with E-state index >= 15 is 0 Å². The van der Waals surface area contributed by atoms with E-state index in [9.17, 15) is 19.7 Å². The second-order valence-corrected chi connectivity index (χ2v) is 5.26. The highest BCUT2D eigenvalue weighted by atomic mass is 16.6. The summed E-state index contributed by atoms with van der Waals surface area (Å²) < 4.78 is 15.7. The predicted molar refractivity (Wildman–Crippen MR) is 89.4 cm³/mol. The van der Waals surface area contributed by atoms with Crippen molar-refractivity contribution in [3.63, 3.8) is 0 Å². The number of hydrogen-bond donors (Lipinski definition) is 1. The number of fused-ring (bicyclic) bond motifs is 1. The Bertz CT molecular complexity index is 866. The van der Waals surface area contributed by atoms with Crippen LogP contribution in [0.4, 0.5) is 11.4 Å². The molecule has 2 aromatic rings. The van der Waals surface area contributed by atoms with E-state index < -0.39 is 23.4 Å². The first-order valence-corrected chi connectivity index (χ1v) is 7.64. The van der Waals surface area contributed by atoms with Crippen LogP contribution in [-0.2, 0) is 9.53 Å². The quantitative estimate of drug-likeness (QED) is 0.494. The smallest absolute Gasteiger partial charge is 0.338 e. The predicted octanol–water partition coefficient (Wildman–Crippen LogP) is 2.16. The van der Waals surface area contributed by atoms with Crippen molar-refractivity contribution < 1.29 is 28.7 Å². The Labute approximate surface area is 147 Å². The number of carbonyl (C=O) groups excluding carboxylic acids is 2. The van der Waals surface area contributed by atoms with Crippen LogP contribution in [0.15, 0.2) is 42.5 Å². The largest absolute Gasteiger partial charge is 0.486 e. The van der Waals surface area contributed by atoms with Crippen LogP contribution < -0.4 is 14.8 Å². The number of esters is 1. The average molecular weight is 358 g/mol. The van der Waals surface area contributed by atoms with Gasteiger partial charge in [0, 0.05) is 6.07 Å². The Balaban J connectivity index is 1.59. The fourth-order valence-electron chi connectivity index (χ4n) is 2.31. The zero-order valence-electron chi connectivity index (χ0n) is 13.5. The first kappa shape index (κ1) is 17.2. The van der Waals surface area contributed by atoms with Gasteiger partial charge >= 0.3 is 5.97 Å². The summed E-state index contributed by atoms with van der Waals surface area (Å²) in [6.45, 7) is 0.228. The Morgan fingerprint density at radius 2 is 1.85 bits per heavy atom. The van der Waals surface area contributed by atoms with Crippen LogP contribution in [-0.4, -0.2) is 36.6 Å². The summed E-state index contributed by atoms with van der Waals surface area (Å²) in [7, 11) is 0. The molecule has 1 heterocycles. The molecule has 0 fully saturated rings. The lowest BCUT2D eigenvalue weighted by molar-refractivity contribution is -0.383. The molecule has 0 unspecified atom stereocenters. The van der Waals surface area contributed by atoms with Gasteiger partial charge in [0.05, 0.1) is 10.5 Å². The van der Waals surface area contributed by atoms with Crippen molar-refractivity contribution in [2.24, 2.45) is 0 Å². The number of nitro benzene ring substituents is 1. The summed E-state index contributed by atoms with van der Waals surface area (Å²) in [6, 6.07) is 10.2. The number of nitrogens with one attached hydrogen (secondary N) is 1. The Hall–Kier alpha value is -3.62. The molecule has 0 bridgehead atoms. The van der Waals surface area contributed by atoms with E-state index in [-0.39, 0.29) is 16.9 Å². The Morgan fingerprint density at radius 3 is 2.62 bits per heavy atom. The van der Waals surface area contributed by atoms with Gasteiger partial charge in [-0.05, 0) is 24.3 Å². The molecule has 0 aromatic heterocycles. The number of para-hydroxylation sites is 2. The number of carbonyl (C=O) groups is 2. The molecule has 0 spiro atoms. The molecule has 0 radical (unpaired) electrons. The summed E-state index contributed by atoms with van der Waals surface area (Å²) in [5.74, 6) is -0.457. The minimum atomic E-state index is -0.723. The standard InChI is InChI=1S/C17H14N2O7/c20-16(18-12-3-1-2-4-13(12)19(22)23)10-26-17(21)11-5-6-14-15(9-11)25-8-7-24-14/h1-6,9H,7-8,10H2,(H,18,20). The summed E-state index contributed by atoms with van der Waals surface area (Å²) in [6.07, 6.45) is 0. The van der Waals surface area contributed by atoms with E-state index in [1.54, 1.807) is 12.1 Å². The van der Waals surface area contributed by atoms with Gasteiger partial charge in [-0.2, -0.15) is 0 Å². The molecule has 0 saturated carbocycles. The van der Waals surface area contributed by atoms with Crippen LogP contribution in [0.25, 0.3) is 0 Å². The molecule has 26 heavy (non-hydrogen) atoms. The van der Waals surface area contributed by atoms with Gasteiger partial charge < -0.3 is 19.5 Å². The molecule has 2 aromatic carbocycles. The monoisotopic (exact) mass is 358 g/mol. The topological polar surface area (TPSA) is 117 Å². The molecule has 1 N–H and O–H groups in total. The lowest BCUT2D eigenvalue weighted by Gasteiger charge is -2.18. The van der Waals surface area contributed by atoms with Gasteiger partial charge in [-0.3, -0.25) is 14.9 Å². The van der Waals surface area contributed by atoms with Crippen molar-refractivity contribution in [1.29, 1.82) is 0 Å². The average Bonchev–Trinajstić information content (AvgIpc) is 2.66. The highest BCUT2D eigenvalue weighted by molar-refractivity contribution is 5.97. The molecule has 9 nitrogen and oxygen atoms in total. The molecule has 0 saturated heterocycles. The van der Waals surface area contributed by atoms with Crippen molar-refractivity contribution in [2.45, 2.75) is 0 Å². The van der Waals surface area contributed by atoms with Gasteiger partial charge in [0.25, 0.3) is 11.6 Å². The second kappa shape index (κ2) is 7.51. The highest BCUT2D eigenvalue weighted by Crippen LogP contribution is 2.31. The Morgan fingerprint density at radius 1 is 1.12 bits per heavy atom. The number of anilines is 1. The summed E-state index contributed by atoms with van der Waals surface area (Å²) in [5, 5.41) is 13.3. The fourth-order valence-corrected chi connectivity index (χ4v) is 2.31. The summed E-state index contributed by atoms with van der Waals surface area (Å²) in [5.41, 5.74) is -0.0235. The van der Waals surface area contributed by atoms with E-state index in [0.29, 0.717) is 24.7 Å². The van der Waals surface area contributed by atoms with Gasteiger partial charge in [-0.15, -0.1) is 0 Å². The number of ether oxygens (including phenoxy) is 3. The molecule has 9 heteroatoms. The third-order valence-corrected chi connectivity index (χ3v) is 3.49. The summed E-state index contributed by atoms with van der Waals surface area (Å²) in [4.78, 5) is 34.3. The van der Waals surface area contributed by atoms with E-state index in [0.717, 1.165) is 0 Å². The van der Waals surface area contributed by atoms with Crippen LogP contribution in [0, 0.1) is 10.1 Å². The van der Waals surface area contributed by atoms with Gasteiger partial charge in [0.15, 0.2) is 18.1 Å². The van der Waals surface area contributed by atoms with Crippen LogP contribution >= 0.6 is 0 Å². The lowest BCUT2D eigenvalue weighted by Crippen LogP contribution is -2.21. The minimum absolute atomic E-state index is 0.0258. The van der Waals surface area contributed by atoms with E-state index in [2.05, 4.69) is 5.32 Å². The molecule has 1 amide bonds. The molecule has 1 aliphatic heterocycles. The van der Waals surface area contributed by atoms with Crippen molar-refractivity contribution in [3.8, 4) is 11.5 Å². The molecular weight excluding hydrogens is 344 g/mol. The van der Waals surface area contributed by atoms with Crippen LogP contribution in [0.1, 0.15) is 10.4 Å². The summed E-state index contributed by atoms with van der Waals surface area (Å²) >= 11 is 0. The first-order valence-electron chi connectivity index (χ1n) is 7.64. The minimum Gasteiger partial charge on any atom is -0.486 e. The van der Waals surface area contributed by atoms with Gasteiger partial charge in [-0.1, -0.05) is 12.1 Å². The van der Waals surface area contributed by atoms with Gasteiger partial charge in [0.2, 0.25) is 0 Å². The van der Waals surface area contributed by atoms with E-state index in [1.165, 1.54) is 30.3 Å². The van der Waals surface area contributed by atoms with Crippen molar-refractivity contribution in [1.82, 2.24) is 0 Å². The molecule has 0 atom stereocenters. The van der Waals surface area contributed by atoms with Crippen molar-refractivity contribution in [2.75, 3.05) is 25.1 Å². The van der Waals surface area contributed by atoms with Crippen LogP contribution in [0.2, 0.25) is 0 Å². The third-order valence-electron chi connectivity index (χ3n) is 3.49. The van der Waals surface area contributed by atoms with Crippen LogP contribution in [0.5, 0.6) is 11.5 Å². The number of rotatable bonds is 5. The molecule has 1 aliphatic rings. The van der Waals surface area contributed by atoms with Crippen molar-refractivity contribution in [3.05, 3.63) is 58.1 Å². The third kappa shape index (κ3) is 3.89. The normalized spacial score (nSPS) is 12.2. The van der Waals surface area contributed by atoms with E-state index in [4.69, 9.17) is 14.2 Å². The molecule has 134 valence electrons. The number of benzene rings is 2. The van der Waals surface area contributed by atoms with Gasteiger partial charge in [0.1, 0.15) is 18.9 Å². The first-order chi connectivity index (χ1) is 12.5. The zero-order chi connectivity index (χ0) is 18.5. The van der Waals surface area contributed by atoms with Crippen LogP contribution in [0.3, 0.4) is 0 Å². The maximum absolute atomic E-state index is 12.1. The number of amides is 1. The zero-order valence-corrected chi connectivity index (χ0v) is 13.5.